The third-order valence-electron chi connectivity index (χ3n) is 3.95. The molecule has 0 aromatic carbocycles. The number of nitrogens with two attached hydrogens (primary N) is 1. The molecule has 2 fully saturated rings. The van der Waals surface area contributed by atoms with Gasteiger partial charge < -0.3 is 20.4 Å². The summed E-state index contributed by atoms with van der Waals surface area (Å²) in [6.45, 7) is 2.33. The van der Waals surface area contributed by atoms with Crippen LogP contribution in [0.2, 0.25) is 0 Å². The molecule has 3 rings (SSSR count). The molecular formula is C13H21N5O2. The summed E-state index contributed by atoms with van der Waals surface area (Å²) in [6, 6.07) is 1.23. The molecule has 3 N–H and O–H groups in total. The molecule has 2 heterocycles. The molecule has 2 aliphatic rings. The maximum atomic E-state index is 10.9. The van der Waals surface area contributed by atoms with Crippen molar-refractivity contribution in [1.82, 2.24) is 15.5 Å². The summed E-state index contributed by atoms with van der Waals surface area (Å²) in [5.41, 5.74) is 5.23. The number of rotatable bonds is 6. The van der Waals surface area contributed by atoms with E-state index >= 15 is 0 Å². The fourth-order valence-corrected chi connectivity index (χ4v) is 2.58. The molecule has 1 saturated carbocycles. The number of hydrogen-bond donors (Lipinski definition) is 2. The highest BCUT2D eigenvalue weighted by atomic mass is 16.4. The van der Waals surface area contributed by atoms with Gasteiger partial charge in [0.15, 0.2) is 0 Å². The number of piperidine rings is 1. The van der Waals surface area contributed by atoms with Gasteiger partial charge in [-0.2, -0.15) is 0 Å². The van der Waals surface area contributed by atoms with E-state index < -0.39 is 0 Å². The summed E-state index contributed by atoms with van der Waals surface area (Å²) < 4.78 is 5.67. The van der Waals surface area contributed by atoms with Crippen LogP contribution in [0.5, 0.6) is 0 Å². The second-order valence-corrected chi connectivity index (χ2v) is 5.73. The maximum Gasteiger partial charge on any atom is 0.318 e. The monoisotopic (exact) mass is 279 g/mol. The summed E-state index contributed by atoms with van der Waals surface area (Å²) >= 11 is 0. The molecule has 1 aliphatic carbocycles. The van der Waals surface area contributed by atoms with E-state index in [0.717, 1.165) is 25.9 Å². The molecule has 0 unspecified atom stereocenters. The van der Waals surface area contributed by atoms with E-state index in [1.54, 1.807) is 0 Å². The summed E-state index contributed by atoms with van der Waals surface area (Å²) in [5, 5.41) is 11.5. The molecule has 1 saturated heterocycles. The van der Waals surface area contributed by atoms with Crippen molar-refractivity contribution in [1.29, 1.82) is 0 Å². The predicted octanol–water partition coefficient (Wildman–Crippen LogP) is 0.413. The first-order chi connectivity index (χ1) is 9.70. The number of hydrogen-bond acceptors (Lipinski definition) is 6. The van der Waals surface area contributed by atoms with Gasteiger partial charge in [-0.15, -0.1) is 5.10 Å². The number of carbonyl (C=O) groups is 1. The number of nitrogens with zero attached hydrogens (tertiary/aromatic N) is 3. The Hall–Kier alpha value is -1.63. The zero-order chi connectivity index (χ0) is 13.9. The van der Waals surface area contributed by atoms with E-state index in [1.165, 1.54) is 12.8 Å². The Bertz CT molecular complexity index is 463. The quantitative estimate of drug-likeness (QED) is 0.783. The fraction of sp³-hybridized carbons (Fsp3) is 0.769. The lowest BCUT2D eigenvalue weighted by molar-refractivity contribution is -0.119. The van der Waals surface area contributed by atoms with Crippen LogP contribution < -0.4 is 16.0 Å². The molecule has 1 aromatic heterocycles. The second kappa shape index (κ2) is 5.78. The third-order valence-corrected chi connectivity index (χ3v) is 3.95. The minimum absolute atomic E-state index is 0.213. The van der Waals surface area contributed by atoms with Crippen LogP contribution in [0.1, 0.15) is 38.0 Å². The highest BCUT2D eigenvalue weighted by Gasteiger charge is 2.25. The normalized spacial score (nSPS) is 20.3. The second-order valence-electron chi connectivity index (χ2n) is 5.73. The Morgan fingerprint density at radius 3 is 2.70 bits per heavy atom. The van der Waals surface area contributed by atoms with Gasteiger partial charge in [0.25, 0.3) is 0 Å². The van der Waals surface area contributed by atoms with Crippen molar-refractivity contribution in [2.45, 2.75) is 44.7 Å². The van der Waals surface area contributed by atoms with Crippen molar-refractivity contribution in [2.75, 3.05) is 18.0 Å². The Labute approximate surface area is 117 Å². The minimum atomic E-state index is -0.213. The van der Waals surface area contributed by atoms with Crippen molar-refractivity contribution in [2.24, 2.45) is 11.7 Å². The van der Waals surface area contributed by atoms with E-state index in [1.807, 2.05) is 0 Å². The first-order valence-corrected chi connectivity index (χ1v) is 7.29. The molecule has 0 spiro atoms. The predicted molar refractivity (Wildman–Crippen MR) is 72.9 cm³/mol. The standard InChI is InChI=1S/C13H21N5O2/c14-11(19)7-9-3-5-18(6-4-9)13-17-16-12(20-13)8-15-10-1-2-10/h9-10,15H,1-8H2,(H2,14,19). The van der Waals surface area contributed by atoms with Gasteiger partial charge >= 0.3 is 6.01 Å². The van der Waals surface area contributed by atoms with Crippen LogP contribution >= 0.6 is 0 Å². The van der Waals surface area contributed by atoms with Gasteiger partial charge in [-0.25, -0.2) is 0 Å². The molecule has 1 amide bonds. The van der Waals surface area contributed by atoms with Crippen LogP contribution in [0.4, 0.5) is 6.01 Å². The molecule has 0 radical (unpaired) electrons. The highest BCUT2D eigenvalue weighted by Crippen LogP contribution is 2.24. The van der Waals surface area contributed by atoms with Gasteiger partial charge in [0.1, 0.15) is 0 Å². The van der Waals surface area contributed by atoms with Crippen LogP contribution in [0.15, 0.2) is 4.42 Å². The lowest BCUT2D eigenvalue weighted by Crippen LogP contribution is -2.35. The topological polar surface area (TPSA) is 97.3 Å². The lowest BCUT2D eigenvalue weighted by Gasteiger charge is -2.29. The van der Waals surface area contributed by atoms with Crippen molar-refractivity contribution >= 4 is 11.9 Å². The number of aromatic nitrogens is 2. The average Bonchev–Trinajstić information content (AvgIpc) is 3.14. The Balaban J connectivity index is 1.48. The van der Waals surface area contributed by atoms with E-state index in [4.69, 9.17) is 10.2 Å². The van der Waals surface area contributed by atoms with E-state index in [2.05, 4.69) is 20.4 Å². The van der Waals surface area contributed by atoms with Crippen molar-refractivity contribution in [3.05, 3.63) is 5.89 Å². The van der Waals surface area contributed by atoms with Crippen LogP contribution in [-0.4, -0.2) is 35.2 Å². The Kier molecular flexibility index (Phi) is 3.86. The third kappa shape index (κ3) is 3.47. The first kappa shape index (κ1) is 13.4. The minimum Gasteiger partial charge on any atom is -0.407 e. The number of nitrogens with one attached hydrogen (secondary N) is 1. The lowest BCUT2D eigenvalue weighted by atomic mass is 9.93. The molecule has 7 heteroatoms. The molecule has 0 atom stereocenters. The van der Waals surface area contributed by atoms with Crippen LogP contribution in [-0.2, 0) is 11.3 Å². The molecule has 1 aliphatic heterocycles. The number of carbonyl (C=O) groups excluding carboxylic acids is 1. The largest absolute Gasteiger partial charge is 0.407 e. The van der Waals surface area contributed by atoms with Crippen LogP contribution in [0.3, 0.4) is 0 Å². The molecule has 20 heavy (non-hydrogen) atoms. The van der Waals surface area contributed by atoms with Crippen molar-refractivity contribution in [3.8, 4) is 0 Å². The van der Waals surface area contributed by atoms with E-state index in [0.29, 0.717) is 36.8 Å². The fourth-order valence-electron chi connectivity index (χ4n) is 2.58. The summed E-state index contributed by atoms with van der Waals surface area (Å²) in [5.74, 6) is 0.823. The summed E-state index contributed by atoms with van der Waals surface area (Å²) in [6.07, 6.45) is 4.86. The number of anilines is 1. The van der Waals surface area contributed by atoms with Crippen LogP contribution in [0, 0.1) is 5.92 Å². The Morgan fingerprint density at radius 1 is 1.30 bits per heavy atom. The molecule has 110 valence electrons. The van der Waals surface area contributed by atoms with Gasteiger partial charge in [-0.1, -0.05) is 5.10 Å². The average molecular weight is 279 g/mol. The zero-order valence-corrected chi connectivity index (χ0v) is 11.5. The number of amides is 1. The number of primary amides is 1. The zero-order valence-electron chi connectivity index (χ0n) is 11.5. The van der Waals surface area contributed by atoms with E-state index in [-0.39, 0.29) is 5.91 Å². The van der Waals surface area contributed by atoms with Gasteiger partial charge in [-0.05, 0) is 31.6 Å². The summed E-state index contributed by atoms with van der Waals surface area (Å²) in [4.78, 5) is 13.0. The maximum absolute atomic E-state index is 10.9. The van der Waals surface area contributed by atoms with Crippen LogP contribution in [0.25, 0.3) is 0 Å². The van der Waals surface area contributed by atoms with Gasteiger partial charge in [0.2, 0.25) is 11.8 Å². The van der Waals surface area contributed by atoms with E-state index in [9.17, 15) is 4.79 Å². The van der Waals surface area contributed by atoms with Gasteiger partial charge in [0.05, 0.1) is 6.54 Å². The first-order valence-electron chi connectivity index (χ1n) is 7.29. The van der Waals surface area contributed by atoms with Gasteiger partial charge in [-0.3, -0.25) is 4.79 Å². The molecular weight excluding hydrogens is 258 g/mol. The molecule has 0 bridgehead atoms. The molecule has 1 aromatic rings. The van der Waals surface area contributed by atoms with Crippen molar-refractivity contribution < 1.29 is 9.21 Å². The smallest absolute Gasteiger partial charge is 0.318 e. The highest BCUT2D eigenvalue weighted by molar-refractivity contribution is 5.74. The Morgan fingerprint density at radius 2 is 2.05 bits per heavy atom. The molecule has 7 nitrogen and oxygen atoms in total. The van der Waals surface area contributed by atoms with Crippen molar-refractivity contribution in [3.63, 3.8) is 0 Å². The van der Waals surface area contributed by atoms with Gasteiger partial charge in [0, 0.05) is 25.6 Å². The SMILES string of the molecule is NC(=O)CC1CCN(c2nnc(CNC3CC3)o2)CC1. The summed E-state index contributed by atoms with van der Waals surface area (Å²) in [7, 11) is 0.